The molecule has 1 aliphatic heterocycles. The predicted molar refractivity (Wildman–Crippen MR) is 103 cm³/mol. The van der Waals surface area contributed by atoms with Gasteiger partial charge in [0.2, 0.25) is 15.9 Å². The first-order valence-electron chi connectivity index (χ1n) is 9.01. The zero-order chi connectivity index (χ0) is 19.3. The Morgan fingerprint density at radius 1 is 1.26 bits per heavy atom. The van der Waals surface area contributed by atoms with Crippen molar-refractivity contribution in [3.05, 3.63) is 60.1 Å². The highest BCUT2D eigenvalue weighted by Gasteiger charge is 2.23. The van der Waals surface area contributed by atoms with Crippen LogP contribution < -0.4 is 4.72 Å². The quantitative estimate of drug-likeness (QED) is 0.772. The van der Waals surface area contributed by atoms with Gasteiger partial charge in [-0.15, -0.1) is 0 Å². The van der Waals surface area contributed by atoms with Crippen LogP contribution in [0.25, 0.3) is 6.08 Å². The van der Waals surface area contributed by atoms with E-state index in [2.05, 4.69) is 4.72 Å². The number of piperidine rings is 1. The number of rotatable bonds is 6. The molecule has 1 aromatic heterocycles. The standard InChI is InChI=1S/C20H24N2O4S/c1-16-4-2-6-19(14-16)27(24,25)21-15-17-9-11-22(12-10-17)20(23)8-7-18-5-3-13-26-18/h2-8,13-14,17,21H,9-12,15H2,1H3/b8-7+. The molecule has 27 heavy (non-hydrogen) atoms. The van der Waals surface area contributed by atoms with Gasteiger partial charge in [-0.05, 0) is 61.6 Å². The number of carbonyl (C=O) groups is 1. The lowest BCUT2D eigenvalue weighted by Gasteiger charge is -2.31. The van der Waals surface area contributed by atoms with Gasteiger partial charge in [0.25, 0.3) is 0 Å². The summed E-state index contributed by atoms with van der Waals surface area (Å²) >= 11 is 0. The van der Waals surface area contributed by atoms with E-state index in [1.807, 2.05) is 13.0 Å². The molecule has 1 aliphatic rings. The average molecular weight is 388 g/mol. The van der Waals surface area contributed by atoms with E-state index in [-0.39, 0.29) is 16.7 Å². The number of carbonyl (C=O) groups excluding carboxylic acids is 1. The maximum absolute atomic E-state index is 12.4. The van der Waals surface area contributed by atoms with Crippen molar-refractivity contribution in [3.63, 3.8) is 0 Å². The molecule has 1 saturated heterocycles. The fraction of sp³-hybridized carbons (Fsp3) is 0.350. The highest BCUT2D eigenvalue weighted by atomic mass is 32.2. The Hall–Kier alpha value is -2.38. The van der Waals surface area contributed by atoms with E-state index in [1.165, 1.54) is 6.08 Å². The Morgan fingerprint density at radius 3 is 2.70 bits per heavy atom. The molecule has 7 heteroatoms. The first-order chi connectivity index (χ1) is 12.9. The predicted octanol–water partition coefficient (Wildman–Crippen LogP) is 2.82. The van der Waals surface area contributed by atoms with E-state index in [1.54, 1.807) is 47.6 Å². The molecule has 6 nitrogen and oxygen atoms in total. The second kappa shape index (κ2) is 8.54. The summed E-state index contributed by atoms with van der Waals surface area (Å²) in [5.74, 6) is 0.816. The highest BCUT2D eigenvalue weighted by molar-refractivity contribution is 7.89. The third-order valence-corrected chi connectivity index (χ3v) is 6.14. The molecule has 0 spiro atoms. The summed E-state index contributed by atoms with van der Waals surface area (Å²) in [5.41, 5.74) is 0.910. The van der Waals surface area contributed by atoms with E-state index in [0.717, 1.165) is 18.4 Å². The topological polar surface area (TPSA) is 79.6 Å². The fourth-order valence-corrected chi connectivity index (χ4v) is 4.32. The zero-order valence-electron chi connectivity index (χ0n) is 15.3. The monoisotopic (exact) mass is 388 g/mol. The molecule has 1 N–H and O–H groups in total. The normalized spacial score (nSPS) is 16.1. The number of aryl methyl sites for hydroxylation is 1. The van der Waals surface area contributed by atoms with Gasteiger partial charge in [-0.3, -0.25) is 4.79 Å². The third kappa shape index (κ3) is 5.30. The Morgan fingerprint density at radius 2 is 2.04 bits per heavy atom. The van der Waals surface area contributed by atoms with Crippen molar-refractivity contribution in [1.29, 1.82) is 0 Å². The molecule has 2 aromatic rings. The molecule has 0 saturated carbocycles. The summed E-state index contributed by atoms with van der Waals surface area (Å²) in [4.78, 5) is 14.3. The SMILES string of the molecule is Cc1cccc(S(=O)(=O)NCC2CCN(C(=O)/C=C/c3ccco3)CC2)c1. The molecule has 144 valence electrons. The van der Waals surface area contributed by atoms with Crippen LogP contribution in [0.4, 0.5) is 0 Å². The molecule has 0 unspecified atom stereocenters. The maximum atomic E-state index is 12.4. The molecule has 0 radical (unpaired) electrons. The zero-order valence-corrected chi connectivity index (χ0v) is 16.1. The van der Waals surface area contributed by atoms with E-state index < -0.39 is 10.0 Å². The van der Waals surface area contributed by atoms with Crippen LogP contribution in [0.15, 0.2) is 58.1 Å². The fourth-order valence-electron chi connectivity index (χ4n) is 3.10. The van der Waals surface area contributed by atoms with E-state index in [4.69, 9.17) is 4.42 Å². The number of benzene rings is 1. The van der Waals surface area contributed by atoms with Crippen molar-refractivity contribution in [3.8, 4) is 0 Å². The van der Waals surface area contributed by atoms with Crippen molar-refractivity contribution in [1.82, 2.24) is 9.62 Å². The number of sulfonamides is 1. The smallest absolute Gasteiger partial charge is 0.246 e. The summed E-state index contributed by atoms with van der Waals surface area (Å²) in [6.45, 7) is 3.50. The Bertz CT molecular complexity index is 896. The van der Waals surface area contributed by atoms with Gasteiger partial charge < -0.3 is 9.32 Å². The molecular weight excluding hydrogens is 364 g/mol. The Kier molecular flexibility index (Phi) is 6.13. The van der Waals surface area contributed by atoms with Crippen LogP contribution in [-0.4, -0.2) is 38.9 Å². The lowest BCUT2D eigenvalue weighted by atomic mass is 9.97. The van der Waals surface area contributed by atoms with E-state index >= 15 is 0 Å². The average Bonchev–Trinajstić information content (AvgIpc) is 3.18. The summed E-state index contributed by atoms with van der Waals surface area (Å²) in [7, 11) is -3.50. The molecule has 2 heterocycles. The van der Waals surface area contributed by atoms with Crippen LogP contribution in [0.5, 0.6) is 0 Å². The number of nitrogens with one attached hydrogen (secondary N) is 1. The Labute approximate surface area is 159 Å². The van der Waals surface area contributed by atoms with Gasteiger partial charge in [0.05, 0.1) is 11.2 Å². The van der Waals surface area contributed by atoms with Gasteiger partial charge in [0.15, 0.2) is 0 Å². The van der Waals surface area contributed by atoms with Crippen LogP contribution in [0, 0.1) is 12.8 Å². The number of nitrogens with zero attached hydrogens (tertiary/aromatic N) is 1. The van der Waals surface area contributed by atoms with Gasteiger partial charge in [-0.2, -0.15) is 0 Å². The van der Waals surface area contributed by atoms with Crippen LogP contribution in [-0.2, 0) is 14.8 Å². The minimum absolute atomic E-state index is 0.0507. The van der Waals surface area contributed by atoms with Crippen molar-refractivity contribution in [2.24, 2.45) is 5.92 Å². The highest BCUT2D eigenvalue weighted by Crippen LogP contribution is 2.18. The number of furan rings is 1. The minimum atomic E-state index is -3.50. The molecular formula is C20H24N2O4S. The minimum Gasteiger partial charge on any atom is -0.465 e. The molecule has 1 amide bonds. The van der Waals surface area contributed by atoms with Gasteiger partial charge in [0.1, 0.15) is 5.76 Å². The van der Waals surface area contributed by atoms with E-state index in [0.29, 0.717) is 25.4 Å². The molecule has 1 aromatic carbocycles. The van der Waals surface area contributed by atoms with Crippen molar-refractivity contribution in [2.75, 3.05) is 19.6 Å². The second-order valence-corrected chi connectivity index (χ2v) is 8.55. The maximum Gasteiger partial charge on any atom is 0.246 e. The lowest BCUT2D eigenvalue weighted by molar-refractivity contribution is -0.127. The Balaban J connectivity index is 1.47. The third-order valence-electron chi connectivity index (χ3n) is 4.72. The molecule has 0 aliphatic carbocycles. The first kappa shape index (κ1) is 19.4. The van der Waals surface area contributed by atoms with Crippen molar-refractivity contribution < 1.29 is 17.6 Å². The molecule has 3 rings (SSSR count). The van der Waals surface area contributed by atoms with Crippen molar-refractivity contribution >= 4 is 22.0 Å². The number of hydrogen-bond acceptors (Lipinski definition) is 4. The number of amides is 1. The van der Waals surface area contributed by atoms with E-state index in [9.17, 15) is 13.2 Å². The number of likely N-dealkylation sites (tertiary alicyclic amines) is 1. The van der Waals surface area contributed by atoms with Gasteiger partial charge in [-0.25, -0.2) is 13.1 Å². The summed E-state index contributed by atoms with van der Waals surface area (Å²) in [6, 6.07) is 10.4. The molecule has 0 atom stereocenters. The van der Waals surface area contributed by atoms with Crippen LogP contribution in [0.1, 0.15) is 24.2 Å². The first-order valence-corrected chi connectivity index (χ1v) is 10.5. The summed E-state index contributed by atoms with van der Waals surface area (Å²) in [6.07, 6.45) is 6.28. The largest absolute Gasteiger partial charge is 0.465 e. The van der Waals surface area contributed by atoms with Gasteiger partial charge >= 0.3 is 0 Å². The van der Waals surface area contributed by atoms with Gasteiger partial charge in [-0.1, -0.05) is 12.1 Å². The van der Waals surface area contributed by atoms with Crippen LogP contribution in [0.3, 0.4) is 0 Å². The van der Waals surface area contributed by atoms with Gasteiger partial charge in [0, 0.05) is 25.7 Å². The molecule has 1 fully saturated rings. The van der Waals surface area contributed by atoms with Crippen LogP contribution in [0.2, 0.25) is 0 Å². The molecule has 0 bridgehead atoms. The number of hydrogen-bond donors (Lipinski definition) is 1. The van der Waals surface area contributed by atoms with Crippen molar-refractivity contribution in [2.45, 2.75) is 24.7 Å². The second-order valence-electron chi connectivity index (χ2n) is 6.79. The summed E-state index contributed by atoms with van der Waals surface area (Å²) in [5, 5.41) is 0. The summed E-state index contributed by atoms with van der Waals surface area (Å²) < 4.78 is 32.7. The van der Waals surface area contributed by atoms with Crippen LogP contribution >= 0.6 is 0 Å². The lowest BCUT2D eigenvalue weighted by Crippen LogP contribution is -2.40.